The number of likely N-dealkylation sites (tertiary alicyclic amines) is 1. The van der Waals surface area contributed by atoms with Crippen molar-refractivity contribution in [1.82, 2.24) is 15.4 Å². The van der Waals surface area contributed by atoms with Gasteiger partial charge < -0.3 is 15.6 Å². The molecule has 1 atom stereocenters. The number of amides is 2. The van der Waals surface area contributed by atoms with Gasteiger partial charge in [-0.05, 0) is 30.5 Å². The number of carbonyl (C=O) groups excluding carboxylic acids is 2. The first-order chi connectivity index (χ1) is 15.1. The first-order valence-electron chi connectivity index (χ1n) is 10.5. The van der Waals surface area contributed by atoms with Gasteiger partial charge in [-0.3, -0.25) is 14.5 Å². The molecule has 1 aliphatic heterocycles. The van der Waals surface area contributed by atoms with E-state index in [1.54, 1.807) is 6.07 Å². The molecule has 1 aliphatic rings. The summed E-state index contributed by atoms with van der Waals surface area (Å²) in [6.07, 6.45) is 1.84. The van der Waals surface area contributed by atoms with Gasteiger partial charge in [0.2, 0.25) is 11.7 Å². The molecule has 0 radical (unpaired) electrons. The zero-order valence-corrected chi connectivity index (χ0v) is 17.3. The molecule has 0 saturated carbocycles. The maximum absolute atomic E-state index is 12.5. The second-order valence-electron chi connectivity index (χ2n) is 7.92. The van der Waals surface area contributed by atoms with Crippen molar-refractivity contribution in [2.45, 2.75) is 25.9 Å². The third-order valence-electron chi connectivity index (χ3n) is 5.56. The Hall–Kier alpha value is -3.45. The molecular formula is C24H26N4O3. The molecule has 1 unspecified atom stereocenters. The molecule has 0 spiro atoms. The highest BCUT2D eigenvalue weighted by atomic mass is 16.5. The Kier molecular flexibility index (Phi) is 6.43. The van der Waals surface area contributed by atoms with Crippen LogP contribution in [0.25, 0.3) is 11.3 Å². The second kappa shape index (κ2) is 9.57. The smallest absolute Gasteiger partial charge is 0.290 e. The highest BCUT2D eigenvalue weighted by Crippen LogP contribution is 2.20. The van der Waals surface area contributed by atoms with Gasteiger partial charge in [0.05, 0.1) is 5.92 Å². The lowest BCUT2D eigenvalue weighted by atomic mass is 9.97. The first kappa shape index (κ1) is 20.8. The molecule has 1 aromatic heterocycles. The summed E-state index contributed by atoms with van der Waals surface area (Å²) in [5, 5.41) is 6.87. The highest BCUT2D eigenvalue weighted by Gasteiger charge is 2.23. The molecule has 7 nitrogen and oxygen atoms in total. The number of primary amides is 1. The number of carbonyl (C=O) groups is 2. The molecule has 31 heavy (non-hydrogen) atoms. The molecule has 2 heterocycles. The van der Waals surface area contributed by atoms with Crippen LogP contribution in [0, 0.1) is 5.92 Å². The summed E-state index contributed by atoms with van der Waals surface area (Å²) in [5.41, 5.74) is 9.14. The van der Waals surface area contributed by atoms with Crippen molar-refractivity contribution in [1.29, 1.82) is 0 Å². The van der Waals surface area contributed by atoms with E-state index in [1.165, 1.54) is 0 Å². The Morgan fingerprint density at radius 2 is 1.90 bits per heavy atom. The zero-order valence-electron chi connectivity index (χ0n) is 17.3. The normalized spacial score (nSPS) is 16.7. The number of hydrogen-bond donors (Lipinski definition) is 2. The number of benzene rings is 2. The fraction of sp³-hybridized carbons (Fsp3) is 0.292. The third-order valence-corrected chi connectivity index (χ3v) is 5.56. The van der Waals surface area contributed by atoms with Crippen molar-refractivity contribution >= 4 is 11.8 Å². The topological polar surface area (TPSA) is 101 Å². The average Bonchev–Trinajstić information content (AvgIpc) is 3.29. The van der Waals surface area contributed by atoms with Crippen LogP contribution in [0.1, 0.15) is 34.5 Å². The van der Waals surface area contributed by atoms with E-state index in [4.69, 9.17) is 10.3 Å². The minimum atomic E-state index is -0.305. The van der Waals surface area contributed by atoms with Crippen molar-refractivity contribution < 1.29 is 14.1 Å². The fourth-order valence-corrected chi connectivity index (χ4v) is 3.92. The maximum Gasteiger partial charge on any atom is 0.290 e. The standard InChI is InChI=1S/C24H26N4O3/c25-23(29)20-10-5-11-28(16-20)15-18-7-4-6-17(12-18)14-26-24(30)22-13-21(27-31-22)19-8-2-1-3-9-19/h1-4,6-9,12-13,20H,5,10-11,14-16H2,(H2,25,29)(H,26,30). The summed E-state index contributed by atoms with van der Waals surface area (Å²) in [6, 6.07) is 19.3. The van der Waals surface area contributed by atoms with Gasteiger partial charge in [-0.25, -0.2) is 0 Å². The summed E-state index contributed by atoms with van der Waals surface area (Å²) in [7, 11) is 0. The van der Waals surface area contributed by atoms with E-state index in [1.807, 2.05) is 42.5 Å². The Morgan fingerprint density at radius 1 is 1.10 bits per heavy atom. The number of hydrogen-bond acceptors (Lipinski definition) is 5. The number of aromatic nitrogens is 1. The van der Waals surface area contributed by atoms with Crippen molar-refractivity contribution in [3.8, 4) is 11.3 Å². The van der Waals surface area contributed by atoms with Crippen molar-refractivity contribution in [2.75, 3.05) is 13.1 Å². The van der Waals surface area contributed by atoms with Gasteiger partial charge in [0.25, 0.3) is 5.91 Å². The van der Waals surface area contributed by atoms with Crippen LogP contribution in [0.3, 0.4) is 0 Å². The van der Waals surface area contributed by atoms with Crippen LogP contribution in [0.15, 0.2) is 65.2 Å². The van der Waals surface area contributed by atoms with Crippen LogP contribution in [-0.2, 0) is 17.9 Å². The van der Waals surface area contributed by atoms with E-state index in [9.17, 15) is 9.59 Å². The van der Waals surface area contributed by atoms with Gasteiger partial charge in [-0.1, -0.05) is 59.8 Å². The molecular weight excluding hydrogens is 392 g/mol. The minimum Gasteiger partial charge on any atom is -0.369 e. The first-order valence-corrected chi connectivity index (χ1v) is 10.5. The quantitative estimate of drug-likeness (QED) is 0.614. The molecule has 1 saturated heterocycles. The Morgan fingerprint density at radius 3 is 2.71 bits per heavy atom. The van der Waals surface area contributed by atoms with Gasteiger partial charge in [0, 0.05) is 31.3 Å². The molecule has 1 fully saturated rings. The molecule has 2 aromatic carbocycles. The zero-order chi connectivity index (χ0) is 21.6. The van der Waals surface area contributed by atoms with Crippen LogP contribution in [0.4, 0.5) is 0 Å². The fourth-order valence-electron chi connectivity index (χ4n) is 3.92. The van der Waals surface area contributed by atoms with Crippen molar-refractivity contribution in [2.24, 2.45) is 11.7 Å². The Balaban J connectivity index is 1.33. The van der Waals surface area contributed by atoms with E-state index in [0.29, 0.717) is 18.8 Å². The molecule has 3 aromatic rings. The van der Waals surface area contributed by atoms with Crippen LogP contribution in [0.2, 0.25) is 0 Å². The van der Waals surface area contributed by atoms with Gasteiger partial charge >= 0.3 is 0 Å². The Bertz CT molecular complexity index is 1050. The highest BCUT2D eigenvalue weighted by molar-refractivity contribution is 5.92. The van der Waals surface area contributed by atoms with Gasteiger partial charge in [0.15, 0.2) is 0 Å². The number of nitrogens with two attached hydrogens (primary N) is 1. The van der Waals surface area contributed by atoms with E-state index in [-0.39, 0.29) is 23.5 Å². The number of nitrogens with zero attached hydrogens (tertiary/aromatic N) is 2. The number of nitrogens with one attached hydrogen (secondary N) is 1. The van der Waals surface area contributed by atoms with E-state index in [2.05, 4.69) is 27.5 Å². The van der Waals surface area contributed by atoms with E-state index >= 15 is 0 Å². The molecule has 3 N–H and O–H groups in total. The largest absolute Gasteiger partial charge is 0.369 e. The van der Waals surface area contributed by atoms with Crippen LogP contribution >= 0.6 is 0 Å². The minimum absolute atomic E-state index is 0.0705. The summed E-state index contributed by atoms with van der Waals surface area (Å²) < 4.78 is 5.22. The lowest BCUT2D eigenvalue weighted by molar-refractivity contribution is -0.123. The Labute approximate surface area is 181 Å². The summed E-state index contributed by atoms with van der Waals surface area (Å²) in [6.45, 7) is 2.80. The predicted octanol–water partition coefficient (Wildman–Crippen LogP) is 2.97. The summed E-state index contributed by atoms with van der Waals surface area (Å²) >= 11 is 0. The molecule has 4 rings (SSSR count). The van der Waals surface area contributed by atoms with Crippen molar-refractivity contribution in [3.05, 3.63) is 77.6 Å². The van der Waals surface area contributed by atoms with Crippen LogP contribution < -0.4 is 11.1 Å². The lowest BCUT2D eigenvalue weighted by Crippen LogP contribution is -2.40. The van der Waals surface area contributed by atoms with Crippen LogP contribution in [-0.4, -0.2) is 35.0 Å². The summed E-state index contributed by atoms with van der Waals surface area (Å²) in [5.74, 6) is -0.413. The predicted molar refractivity (Wildman–Crippen MR) is 117 cm³/mol. The molecule has 0 bridgehead atoms. The van der Waals surface area contributed by atoms with Gasteiger partial charge in [-0.15, -0.1) is 0 Å². The maximum atomic E-state index is 12.5. The molecule has 7 heteroatoms. The van der Waals surface area contributed by atoms with Crippen molar-refractivity contribution in [3.63, 3.8) is 0 Å². The molecule has 2 amide bonds. The number of rotatable bonds is 7. The molecule has 160 valence electrons. The van der Waals surface area contributed by atoms with E-state index in [0.717, 1.165) is 42.6 Å². The number of piperidine rings is 1. The monoisotopic (exact) mass is 418 g/mol. The van der Waals surface area contributed by atoms with Gasteiger partial charge in [-0.2, -0.15) is 0 Å². The third kappa shape index (κ3) is 5.38. The molecule has 0 aliphatic carbocycles. The SMILES string of the molecule is NC(=O)C1CCCN(Cc2cccc(CNC(=O)c3cc(-c4ccccc4)no3)c2)C1. The average molecular weight is 418 g/mol. The van der Waals surface area contributed by atoms with E-state index < -0.39 is 0 Å². The second-order valence-corrected chi connectivity index (χ2v) is 7.92. The van der Waals surface area contributed by atoms with Crippen LogP contribution in [0.5, 0.6) is 0 Å². The summed E-state index contributed by atoms with van der Waals surface area (Å²) in [4.78, 5) is 26.2. The lowest BCUT2D eigenvalue weighted by Gasteiger charge is -2.31. The van der Waals surface area contributed by atoms with Gasteiger partial charge in [0.1, 0.15) is 5.69 Å².